The molecule has 1 unspecified atom stereocenters. The summed E-state index contributed by atoms with van der Waals surface area (Å²) in [6, 6.07) is 7.77. The van der Waals surface area contributed by atoms with Crippen LogP contribution in [0.25, 0.3) is 0 Å². The van der Waals surface area contributed by atoms with Crippen molar-refractivity contribution in [2.24, 2.45) is 0 Å². The van der Waals surface area contributed by atoms with E-state index in [1.807, 2.05) is 12.1 Å². The van der Waals surface area contributed by atoms with Crippen molar-refractivity contribution in [3.05, 3.63) is 27.7 Å². The van der Waals surface area contributed by atoms with Gasteiger partial charge in [0.2, 0.25) is 0 Å². The standard InChI is InChI=1S/C11H10BrClN2O/c12-9-5-8(1-2-10(9)13)15-11(6-14)3-4-16-7-11/h1-2,5,15H,3-4,7H2. The highest BCUT2D eigenvalue weighted by atomic mass is 79.9. The van der Waals surface area contributed by atoms with Crippen LogP contribution in [0, 0.1) is 11.3 Å². The fraction of sp³-hybridized carbons (Fsp3) is 0.364. The average Bonchev–Trinajstić information content (AvgIpc) is 2.73. The number of ether oxygens (including phenoxy) is 1. The fourth-order valence-corrected chi connectivity index (χ4v) is 2.13. The van der Waals surface area contributed by atoms with Crippen molar-refractivity contribution >= 4 is 33.2 Å². The van der Waals surface area contributed by atoms with Crippen molar-refractivity contribution in [1.82, 2.24) is 0 Å². The molecule has 0 bridgehead atoms. The summed E-state index contributed by atoms with van der Waals surface area (Å²) in [7, 11) is 0. The zero-order chi connectivity index (χ0) is 11.6. The zero-order valence-corrected chi connectivity index (χ0v) is 10.8. The van der Waals surface area contributed by atoms with E-state index in [4.69, 9.17) is 16.3 Å². The van der Waals surface area contributed by atoms with Gasteiger partial charge in [0.05, 0.1) is 24.3 Å². The summed E-state index contributed by atoms with van der Waals surface area (Å²) >= 11 is 9.25. The average molecular weight is 302 g/mol. The van der Waals surface area contributed by atoms with Crippen molar-refractivity contribution in [3.8, 4) is 6.07 Å². The van der Waals surface area contributed by atoms with Gasteiger partial charge in [0.25, 0.3) is 0 Å². The Morgan fingerprint density at radius 2 is 2.38 bits per heavy atom. The monoisotopic (exact) mass is 300 g/mol. The maximum atomic E-state index is 9.17. The van der Waals surface area contributed by atoms with Crippen LogP contribution >= 0.6 is 27.5 Å². The summed E-state index contributed by atoms with van der Waals surface area (Å²) in [5, 5.41) is 13.0. The largest absolute Gasteiger partial charge is 0.378 e. The third kappa shape index (κ3) is 2.32. The number of hydrogen-bond donors (Lipinski definition) is 1. The SMILES string of the molecule is N#CC1(Nc2ccc(Cl)c(Br)c2)CCOC1. The van der Waals surface area contributed by atoms with E-state index in [1.165, 1.54) is 0 Å². The summed E-state index contributed by atoms with van der Waals surface area (Å²) < 4.78 is 6.07. The molecule has 1 aromatic rings. The summed E-state index contributed by atoms with van der Waals surface area (Å²) in [4.78, 5) is 0. The number of rotatable bonds is 2. The summed E-state index contributed by atoms with van der Waals surface area (Å²) in [5.41, 5.74) is 0.260. The first-order chi connectivity index (χ1) is 7.65. The molecule has 2 rings (SSSR count). The van der Waals surface area contributed by atoms with Gasteiger partial charge in [0.15, 0.2) is 5.54 Å². The van der Waals surface area contributed by atoms with Crippen LogP contribution in [0.3, 0.4) is 0 Å². The molecule has 0 aromatic heterocycles. The Labute approximate surface area is 107 Å². The number of benzene rings is 1. The lowest BCUT2D eigenvalue weighted by molar-refractivity contribution is 0.189. The van der Waals surface area contributed by atoms with Crippen LogP contribution < -0.4 is 5.32 Å². The van der Waals surface area contributed by atoms with E-state index in [9.17, 15) is 5.26 Å². The van der Waals surface area contributed by atoms with Gasteiger partial charge in [0.1, 0.15) is 0 Å². The summed E-state index contributed by atoms with van der Waals surface area (Å²) in [6.45, 7) is 1.04. The highest BCUT2D eigenvalue weighted by Gasteiger charge is 2.34. The number of hydrogen-bond acceptors (Lipinski definition) is 3. The molecule has 5 heteroatoms. The van der Waals surface area contributed by atoms with Crippen molar-refractivity contribution in [2.45, 2.75) is 12.0 Å². The first kappa shape index (κ1) is 11.7. The van der Waals surface area contributed by atoms with Gasteiger partial charge in [-0.25, -0.2) is 0 Å². The van der Waals surface area contributed by atoms with Gasteiger partial charge in [-0.05, 0) is 34.1 Å². The number of nitrogens with zero attached hydrogens (tertiary/aromatic N) is 1. The van der Waals surface area contributed by atoms with Crippen molar-refractivity contribution in [2.75, 3.05) is 18.5 Å². The molecule has 1 aliphatic rings. The lowest BCUT2D eigenvalue weighted by Gasteiger charge is -2.21. The predicted molar refractivity (Wildman–Crippen MR) is 66.6 cm³/mol. The minimum absolute atomic E-state index is 0.420. The third-order valence-corrected chi connectivity index (χ3v) is 3.75. The highest BCUT2D eigenvalue weighted by molar-refractivity contribution is 9.10. The van der Waals surface area contributed by atoms with Crippen LogP contribution in [0.1, 0.15) is 6.42 Å². The lowest BCUT2D eigenvalue weighted by atomic mass is 10.0. The van der Waals surface area contributed by atoms with E-state index in [1.54, 1.807) is 6.07 Å². The molecule has 0 aliphatic carbocycles. The Balaban J connectivity index is 2.20. The van der Waals surface area contributed by atoms with Crippen LogP contribution in [0.4, 0.5) is 5.69 Å². The van der Waals surface area contributed by atoms with Crippen molar-refractivity contribution in [1.29, 1.82) is 5.26 Å². The first-order valence-electron chi connectivity index (χ1n) is 4.87. The molecule has 1 N–H and O–H groups in total. The number of halogens is 2. The molecule has 0 amide bonds. The highest BCUT2D eigenvalue weighted by Crippen LogP contribution is 2.29. The number of nitrogens with one attached hydrogen (secondary N) is 1. The molecule has 3 nitrogen and oxygen atoms in total. The Morgan fingerprint density at radius 3 is 2.94 bits per heavy atom. The second kappa shape index (κ2) is 4.62. The molecule has 1 saturated heterocycles. The van der Waals surface area contributed by atoms with E-state index >= 15 is 0 Å². The summed E-state index contributed by atoms with van der Waals surface area (Å²) in [5.74, 6) is 0. The quantitative estimate of drug-likeness (QED) is 0.912. The van der Waals surface area contributed by atoms with Crippen molar-refractivity contribution in [3.63, 3.8) is 0 Å². The molecule has 84 valence electrons. The molecule has 16 heavy (non-hydrogen) atoms. The molecular formula is C11H10BrClN2O. The van der Waals surface area contributed by atoms with E-state index in [-0.39, 0.29) is 0 Å². The van der Waals surface area contributed by atoms with E-state index in [0.717, 1.165) is 10.2 Å². The van der Waals surface area contributed by atoms with Gasteiger partial charge in [-0.3, -0.25) is 0 Å². The first-order valence-corrected chi connectivity index (χ1v) is 6.05. The predicted octanol–water partition coefficient (Wildman–Crippen LogP) is 3.20. The number of nitriles is 1. The second-order valence-corrected chi connectivity index (χ2v) is 5.01. The Hall–Kier alpha value is -0.760. The number of anilines is 1. The summed E-state index contributed by atoms with van der Waals surface area (Å²) in [6.07, 6.45) is 0.698. The fourth-order valence-electron chi connectivity index (χ4n) is 1.63. The van der Waals surface area contributed by atoms with Crippen LogP contribution in [0.5, 0.6) is 0 Å². The molecule has 1 aromatic carbocycles. The van der Waals surface area contributed by atoms with Gasteiger partial charge in [0, 0.05) is 16.6 Å². The van der Waals surface area contributed by atoms with Crippen LogP contribution in [-0.4, -0.2) is 18.8 Å². The zero-order valence-electron chi connectivity index (χ0n) is 8.46. The minimum Gasteiger partial charge on any atom is -0.378 e. The van der Waals surface area contributed by atoms with Gasteiger partial charge in [-0.1, -0.05) is 11.6 Å². The van der Waals surface area contributed by atoms with E-state index in [2.05, 4.69) is 27.3 Å². The van der Waals surface area contributed by atoms with E-state index in [0.29, 0.717) is 24.7 Å². The minimum atomic E-state index is -0.604. The molecular weight excluding hydrogens is 291 g/mol. The molecule has 1 aliphatic heterocycles. The molecule has 0 radical (unpaired) electrons. The molecule has 1 fully saturated rings. The van der Waals surface area contributed by atoms with Gasteiger partial charge >= 0.3 is 0 Å². The smallest absolute Gasteiger partial charge is 0.151 e. The van der Waals surface area contributed by atoms with Gasteiger partial charge < -0.3 is 10.1 Å². The molecule has 0 spiro atoms. The maximum Gasteiger partial charge on any atom is 0.151 e. The van der Waals surface area contributed by atoms with Gasteiger partial charge in [-0.15, -0.1) is 0 Å². The maximum absolute atomic E-state index is 9.17. The Morgan fingerprint density at radius 1 is 1.56 bits per heavy atom. The normalized spacial score (nSPS) is 24.1. The lowest BCUT2D eigenvalue weighted by Crippen LogP contribution is -2.36. The molecule has 0 saturated carbocycles. The second-order valence-electron chi connectivity index (χ2n) is 3.75. The van der Waals surface area contributed by atoms with Crippen LogP contribution in [-0.2, 0) is 4.74 Å². The Bertz CT molecular complexity index is 438. The Kier molecular flexibility index (Phi) is 3.38. The topological polar surface area (TPSA) is 45.0 Å². The van der Waals surface area contributed by atoms with Gasteiger partial charge in [-0.2, -0.15) is 5.26 Å². The molecule has 1 heterocycles. The van der Waals surface area contributed by atoms with Crippen LogP contribution in [0.2, 0.25) is 5.02 Å². The van der Waals surface area contributed by atoms with Crippen molar-refractivity contribution < 1.29 is 4.74 Å². The third-order valence-electron chi connectivity index (χ3n) is 2.54. The van der Waals surface area contributed by atoms with E-state index < -0.39 is 5.54 Å². The van der Waals surface area contributed by atoms with Crippen LogP contribution in [0.15, 0.2) is 22.7 Å². The molecule has 1 atom stereocenters.